The number of pyridine rings is 1. The van der Waals surface area contributed by atoms with Gasteiger partial charge in [0, 0.05) is 24.4 Å². The highest BCUT2D eigenvalue weighted by molar-refractivity contribution is 5.67. The largest absolute Gasteiger partial charge is 0.461 e. The predicted octanol–water partition coefficient (Wildman–Crippen LogP) is 3.92. The number of rotatable bonds is 6. The lowest BCUT2D eigenvalue weighted by molar-refractivity contribution is -0.384. The highest BCUT2D eigenvalue weighted by atomic mass is 16.6. The van der Waals surface area contributed by atoms with Crippen molar-refractivity contribution in [2.45, 2.75) is 33.3 Å². The van der Waals surface area contributed by atoms with Crippen molar-refractivity contribution in [1.82, 2.24) is 4.98 Å². The molecule has 2 rings (SSSR count). The van der Waals surface area contributed by atoms with Gasteiger partial charge in [0.2, 0.25) is 5.82 Å². The third kappa shape index (κ3) is 4.52. The van der Waals surface area contributed by atoms with Gasteiger partial charge in [-0.2, -0.15) is 0 Å². The van der Waals surface area contributed by atoms with Gasteiger partial charge in [-0.25, -0.2) is 4.98 Å². The molecule has 2 aromatic rings. The van der Waals surface area contributed by atoms with E-state index in [1.54, 1.807) is 30.3 Å². The molecule has 0 spiro atoms. The summed E-state index contributed by atoms with van der Waals surface area (Å²) < 4.78 is 4.92. The average molecular weight is 329 g/mol. The van der Waals surface area contributed by atoms with E-state index in [4.69, 9.17) is 4.74 Å². The lowest BCUT2D eigenvalue weighted by atomic mass is 10.1. The number of ether oxygens (including phenoxy) is 1. The van der Waals surface area contributed by atoms with Crippen LogP contribution in [0.25, 0.3) is 0 Å². The van der Waals surface area contributed by atoms with Crippen LogP contribution in [0.4, 0.5) is 17.2 Å². The number of nitrogens with one attached hydrogen (secondary N) is 1. The molecule has 1 heterocycles. The number of benzene rings is 1. The molecule has 1 aromatic heterocycles. The smallest absolute Gasteiger partial charge is 0.311 e. The molecule has 1 aromatic carbocycles. The number of esters is 1. The first-order valence-electron chi connectivity index (χ1n) is 7.51. The second kappa shape index (κ2) is 7.54. The number of nitro groups is 1. The molecule has 0 aliphatic heterocycles. The Labute approximate surface area is 139 Å². The Hall–Kier alpha value is -2.96. The van der Waals surface area contributed by atoms with E-state index in [2.05, 4.69) is 10.3 Å². The monoisotopic (exact) mass is 329 g/mol. The fourth-order valence-corrected chi connectivity index (χ4v) is 2.03. The van der Waals surface area contributed by atoms with Crippen LogP contribution in [0, 0.1) is 10.1 Å². The zero-order chi connectivity index (χ0) is 17.7. The highest BCUT2D eigenvalue weighted by Crippen LogP contribution is 2.28. The minimum absolute atomic E-state index is 0.0802. The summed E-state index contributed by atoms with van der Waals surface area (Å²) in [5.74, 6) is 0.0268. The van der Waals surface area contributed by atoms with Crippen LogP contribution in [0.2, 0.25) is 0 Å². The van der Waals surface area contributed by atoms with Crippen molar-refractivity contribution in [3.8, 4) is 0 Å². The molecule has 0 unspecified atom stereocenters. The molecule has 126 valence electrons. The predicted molar refractivity (Wildman–Crippen MR) is 90.2 cm³/mol. The molecule has 0 aliphatic carbocycles. The second-order valence-corrected chi connectivity index (χ2v) is 5.62. The van der Waals surface area contributed by atoms with Crippen LogP contribution in [0.3, 0.4) is 0 Å². The van der Waals surface area contributed by atoms with Crippen molar-refractivity contribution in [3.05, 3.63) is 57.8 Å². The molecule has 0 atom stereocenters. The third-order valence-corrected chi connectivity index (χ3v) is 3.34. The molecule has 0 saturated carbocycles. The molecular weight excluding hydrogens is 310 g/mol. The molecule has 0 fully saturated rings. The van der Waals surface area contributed by atoms with Gasteiger partial charge < -0.3 is 10.1 Å². The number of aromatic nitrogens is 1. The van der Waals surface area contributed by atoms with Crippen molar-refractivity contribution >= 4 is 23.2 Å². The quantitative estimate of drug-likeness (QED) is 0.490. The summed E-state index contributed by atoms with van der Waals surface area (Å²) in [4.78, 5) is 25.9. The van der Waals surface area contributed by atoms with Crippen LogP contribution in [-0.2, 0) is 16.1 Å². The number of carbonyl (C=O) groups excluding carboxylic acids is 1. The van der Waals surface area contributed by atoms with Crippen molar-refractivity contribution in [3.63, 3.8) is 0 Å². The van der Waals surface area contributed by atoms with E-state index in [1.165, 1.54) is 13.0 Å². The average Bonchev–Trinajstić information content (AvgIpc) is 2.53. The number of nitrogens with zero attached hydrogens (tertiary/aromatic N) is 2. The van der Waals surface area contributed by atoms with Crippen LogP contribution in [0.1, 0.15) is 37.9 Å². The van der Waals surface area contributed by atoms with Crippen LogP contribution >= 0.6 is 0 Å². The topological polar surface area (TPSA) is 94.4 Å². The molecule has 0 radical (unpaired) electrons. The van der Waals surface area contributed by atoms with E-state index in [0.717, 1.165) is 11.3 Å². The molecular formula is C17H19N3O4. The third-order valence-electron chi connectivity index (χ3n) is 3.34. The standard InChI is InChI=1S/C17H19N3O4/c1-11(2)15-8-9-16(20(22)23)17(19-15)18-14-6-4-13(5-7-14)10-24-12(3)21/h4-9,11H,10H2,1-3H3,(H,18,19). The van der Waals surface area contributed by atoms with Crippen LogP contribution < -0.4 is 5.32 Å². The maximum Gasteiger partial charge on any atom is 0.311 e. The van der Waals surface area contributed by atoms with E-state index in [-0.39, 0.29) is 30.0 Å². The van der Waals surface area contributed by atoms with E-state index >= 15 is 0 Å². The van der Waals surface area contributed by atoms with Crippen molar-refractivity contribution in [1.29, 1.82) is 0 Å². The number of hydrogen-bond acceptors (Lipinski definition) is 6. The summed E-state index contributed by atoms with van der Waals surface area (Å²) in [7, 11) is 0. The Morgan fingerprint density at radius 2 is 1.92 bits per heavy atom. The zero-order valence-corrected chi connectivity index (χ0v) is 13.8. The minimum atomic E-state index is -0.464. The first kappa shape index (κ1) is 17.4. The normalized spacial score (nSPS) is 10.5. The summed E-state index contributed by atoms with van der Waals surface area (Å²) in [6.07, 6.45) is 0. The van der Waals surface area contributed by atoms with Gasteiger partial charge in [-0.15, -0.1) is 0 Å². The molecule has 7 nitrogen and oxygen atoms in total. The molecule has 7 heteroatoms. The molecule has 24 heavy (non-hydrogen) atoms. The van der Waals surface area contributed by atoms with E-state index in [0.29, 0.717) is 5.69 Å². The van der Waals surface area contributed by atoms with Gasteiger partial charge in [-0.05, 0) is 29.7 Å². The van der Waals surface area contributed by atoms with Gasteiger partial charge in [0.25, 0.3) is 0 Å². The SMILES string of the molecule is CC(=O)OCc1ccc(Nc2nc(C(C)C)ccc2[N+](=O)[O-])cc1. The van der Waals surface area contributed by atoms with Gasteiger partial charge in [0.15, 0.2) is 0 Å². The van der Waals surface area contributed by atoms with Gasteiger partial charge in [-0.1, -0.05) is 26.0 Å². The van der Waals surface area contributed by atoms with Crippen LogP contribution in [0.5, 0.6) is 0 Å². The first-order chi connectivity index (χ1) is 11.4. The molecule has 1 N–H and O–H groups in total. The fraction of sp³-hybridized carbons (Fsp3) is 0.294. The summed E-state index contributed by atoms with van der Waals surface area (Å²) >= 11 is 0. The maximum atomic E-state index is 11.2. The van der Waals surface area contributed by atoms with Crippen molar-refractivity contribution in [2.75, 3.05) is 5.32 Å². The molecule has 0 aliphatic rings. The minimum Gasteiger partial charge on any atom is -0.461 e. The zero-order valence-electron chi connectivity index (χ0n) is 13.8. The number of anilines is 2. The Morgan fingerprint density at radius 1 is 1.25 bits per heavy atom. The Bertz CT molecular complexity index is 742. The van der Waals surface area contributed by atoms with E-state index in [1.807, 2.05) is 13.8 Å². The Morgan fingerprint density at radius 3 is 2.46 bits per heavy atom. The summed E-state index contributed by atoms with van der Waals surface area (Å²) in [5.41, 5.74) is 2.19. The Balaban J connectivity index is 2.21. The molecule has 0 amide bonds. The van der Waals surface area contributed by atoms with E-state index < -0.39 is 4.92 Å². The number of hydrogen-bond donors (Lipinski definition) is 1. The number of carbonyl (C=O) groups is 1. The van der Waals surface area contributed by atoms with Gasteiger partial charge in [-0.3, -0.25) is 14.9 Å². The Kier molecular flexibility index (Phi) is 5.47. The molecule has 0 saturated heterocycles. The summed E-state index contributed by atoms with van der Waals surface area (Å²) in [6, 6.07) is 10.2. The van der Waals surface area contributed by atoms with Gasteiger partial charge >= 0.3 is 11.7 Å². The van der Waals surface area contributed by atoms with Gasteiger partial charge in [0.05, 0.1) is 4.92 Å². The first-order valence-corrected chi connectivity index (χ1v) is 7.51. The second-order valence-electron chi connectivity index (χ2n) is 5.62. The van der Waals surface area contributed by atoms with Crippen LogP contribution in [-0.4, -0.2) is 15.9 Å². The molecule has 0 bridgehead atoms. The van der Waals surface area contributed by atoms with Crippen molar-refractivity contribution < 1.29 is 14.5 Å². The fourth-order valence-electron chi connectivity index (χ4n) is 2.03. The van der Waals surface area contributed by atoms with Gasteiger partial charge in [0.1, 0.15) is 6.61 Å². The highest BCUT2D eigenvalue weighted by Gasteiger charge is 2.17. The van der Waals surface area contributed by atoms with E-state index in [9.17, 15) is 14.9 Å². The lowest BCUT2D eigenvalue weighted by Crippen LogP contribution is -2.03. The summed E-state index contributed by atoms with van der Waals surface area (Å²) in [5, 5.41) is 14.2. The maximum absolute atomic E-state index is 11.2. The van der Waals surface area contributed by atoms with Crippen molar-refractivity contribution in [2.24, 2.45) is 0 Å². The lowest BCUT2D eigenvalue weighted by Gasteiger charge is -2.10. The van der Waals surface area contributed by atoms with Crippen LogP contribution in [0.15, 0.2) is 36.4 Å². The summed E-state index contributed by atoms with van der Waals surface area (Å²) in [6.45, 7) is 5.49.